The molecule has 0 unspecified atom stereocenters. The summed E-state index contributed by atoms with van der Waals surface area (Å²) in [5.74, 6) is 3.30. The van der Waals surface area contributed by atoms with Crippen LogP contribution in [0.1, 0.15) is 25.3 Å². The summed E-state index contributed by atoms with van der Waals surface area (Å²) in [6, 6.07) is 5.26. The summed E-state index contributed by atoms with van der Waals surface area (Å²) < 4.78 is 35.8. The zero-order chi connectivity index (χ0) is 16.8. The first-order valence-corrected chi connectivity index (χ1v) is 6.82. The fraction of sp³-hybridized carbons (Fsp3) is 0.400. The van der Waals surface area contributed by atoms with E-state index in [-0.39, 0.29) is 6.92 Å². The highest BCUT2D eigenvalue weighted by molar-refractivity contribution is 6.30. The molecule has 2 aliphatic rings. The molecule has 0 radical (unpaired) electrons. The first kappa shape index (κ1) is 18.2. The van der Waals surface area contributed by atoms with E-state index >= 15 is 0 Å². The fourth-order valence-corrected chi connectivity index (χ4v) is 1.54. The second-order valence-corrected chi connectivity index (χ2v) is 5.16. The monoisotopic (exact) mass is 333 g/mol. The Morgan fingerprint density at radius 1 is 1.41 bits per heavy atom. The minimum Gasteiger partial charge on any atom is -0.444 e. The van der Waals surface area contributed by atoms with Crippen molar-refractivity contribution in [2.75, 3.05) is 5.32 Å². The van der Waals surface area contributed by atoms with Crippen molar-refractivity contribution in [3.63, 3.8) is 0 Å². The maximum absolute atomic E-state index is 10.7. The van der Waals surface area contributed by atoms with Gasteiger partial charge in [0, 0.05) is 23.4 Å². The topological polar surface area (TPSA) is 38.3 Å². The molecule has 120 valence electrons. The van der Waals surface area contributed by atoms with E-state index in [9.17, 15) is 18.0 Å². The lowest BCUT2D eigenvalue weighted by atomic mass is 10.2. The number of cyclic esters (lactones) is 1. The zero-order valence-corrected chi connectivity index (χ0v) is 12.6. The predicted molar refractivity (Wildman–Crippen MR) is 78.5 cm³/mol. The molecule has 1 saturated carbocycles. The molecule has 3 rings (SSSR count). The van der Waals surface area contributed by atoms with Gasteiger partial charge in [0.1, 0.15) is 6.61 Å². The van der Waals surface area contributed by atoms with Crippen LogP contribution in [0.25, 0.3) is 0 Å². The first-order valence-electron chi connectivity index (χ1n) is 6.44. The summed E-state index contributed by atoms with van der Waals surface area (Å²) in [6.07, 6.45) is 3.12. The van der Waals surface area contributed by atoms with Crippen LogP contribution in [0.3, 0.4) is 0 Å². The van der Waals surface area contributed by atoms with Gasteiger partial charge in [0.15, 0.2) is 0 Å². The van der Waals surface area contributed by atoms with Crippen LogP contribution in [-0.4, -0.2) is 12.3 Å². The highest BCUT2D eigenvalue weighted by Gasteiger charge is 2.17. The normalized spacial score (nSPS) is 15.5. The molecular weight excluding hydrogens is 319 g/mol. The molecule has 3 nitrogen and oxygen atoms in total. The Labute approximate surface area is 131 Å². The van der Waals surface area contributed by atoms with E-state index in [1.54, 1.807) is 18.2 Å². The molecule has 0 atom stereocenters. The van der Waals surface area contributed by atoms with E-state index < -0.39 is 12.3 Å². The fourth-order valence-electron chi connectivity index (χ4n) is 1.34. The number of anilines is 1. The summed E-state index contributed by atoms with van der Waals surface area (Å²) in [7, 11) is 0. The maximum Gasteiger partial charge on any atom is 0.411 e. The van der Waals surface area contributed by atoms with Crippen LogP contribution in [0.2, 0.25) is 5.02 Å². The third kappa shape index (κ3) is 8.42. The molecule has 1 aromatic carbocycles. The number of nitrogens with one attached hydrogen (secondary N) is 1. The standard InChI is InChI=1S/C8H6ClNO2.C5H6.C2H3F3/c9-6-1-2-7-5(3-6)4-12-8(11)10-7;1-2-5-3-4-5;1-2(3,4)5/h1-3H,4H2,(H,10,11);1,5H,3-4H2;1H3. The summed E-state index contributed by atoms with van der Waals surface area (Å²) in [6.45, 7) is 0.481. The predicted octanol–water partition coefficient (Wildman–Crippen LogP) is 5.00. The van der Waals surface area contributed by atoms with Gasteiger partial charge >= 0.3 is 12.3 Å². The molecule has 0 aromatic heterocycles. The Kier molecular flexibility index (Phi) is 6.57. The number of carbonyl (C=O) groups is 1. The molecule has 1 aromatic rings. The first-order chi connectivity index (χ1) is 10.2. The number of alkyl halides is 3. The van der Waals surface area contributed by atoms with Crippen LogP contribution in [0.15, 0.2) is 18.2 Å². The van der Waals surface area contributed by atoms with Crippen LogP contribution in [0, 0.1) is 18.3 Å². The molecule has 1 aliphatic heterocycles. The summed E-state index contributed by atoms with van der Waals surface area (Å²) in [5.41, 5.74) is 1.68. The van der Waals surface area contributed by atoms with Crippen molar-refractivity contribution in [2.24, 2.45) is 5.92 Å². The van der Waals surface area contributed by atoms with E-state index in [1.807, 2.05) is 0 Å². The summed E-state index contributed by atoms with van der Waals surface area (Å²) >= 11 is 5.74. The Balaban J connectivity index is 0.000000201. The molecule has 1 fully saturated rings. The van der Waals surface area contributed by atoms with Gasteiger partial charge in [-0.05, 0) is 31.0 Å². The minimum atomic E-state index is -4.00. The largest absolute Gasteiger partial charge is 0.444 e. The lowest BCUT2D eigenvalue weighted by molar-refractivity contribution is -0.110. The summed E-state index contributed by atoms with van der Waals surface area (Å²) in [4.78, 5) is 10.7. The number of carbonyl (C=O) groups excluding carboxylic acids is 1. The highest BCUT2D eigenvalue weighted by atomic mass is 35.5. The number of hydrogen-bond donors (Lipinski definition) is 1. The van der Waals surface area contributed by atoms with Gasteiger partial charge in [-0.25, -0.2) is 4.79 Å². The van der Waals surface area contributed by atoms with Gasteiger partial charge in [-0.1, -0.05) is 11.6 Å². The minimum absolute atomic E-state index is 0.188. The third-order valence-corrected chi connectivity index (χ3v) is 2.71. The number of halogens is 4. The Bertz CT molecular complexity index is 557. The maximum atomic E-state index is 10.7. The van der Waals surface area contributed by atoms with Crippen molar-refractivity contribution in [1.29, 1.82) is 0 Å². The SMILES string of the molecule is C#CC1CC1.CC(F)(F)F.O=C1Nc2ccc(Cl)cc2CO1. The van der Waals surface area contributed by atoms with Crippen molar-refractivity contribution in [3.05, 3.63) is 28.8 Å². The smallest absolute Gasteiger partial charge is 0.411 e. The Morgan fingerprint density at radius 3 is 2.45 bits per heavy atom. The Morgan fingerprint density at radius 2 is 2.00 bits per heavy atom. The van der Waals surface area contributed by atoms with Crippen LogP contribution >= 0.6 is 11.6 Å². The second kappa shape index (κ2) is 7.95. The second-order valence-electron chi connectivity index (χ2n) is 4.72. The van der Waals surface area contributed by atoms with Crippen LogP contribution in [0.5, 0.6) is 0 Å². The van der Waals surface area contributed by atoms with Crippen molar-refractivity contribution in [2.45, 2.75) is 32.5 Å². The molecule has 1 N–H and O–H groups in total. The van der Waals surface area contributed by atoms with E-state index in [2.05, 4.69) is 11.2 Å². The van der Waals surface area contributed by atoms with E-state index in [4.69, 9.17) is 22.8 Å². The average Bonchev–Trinajstić information content (AvgIpc) is 3.22. The van der Waals surface area contributed by atoms with Gasteiger partial charge in [-0.2, -0.15) is 13.2 Å². The van der Waals surface area contributed by atoms with Crippen LogP contribution in [-0.2, 0) is 11.3 Å². The molecule has 0 bridgehead atoms. The lowest BCUT2D eigenvalue weighted by Crippen LogP contribution is -2.19. The number of ether oxygens (including phenoxy) is 1. The third-order valence-electron chi connectivity index (χ3n) is 2.48. The summed E-state index contributed by atoms with van der Waals surface area (Å²) in [5, 5.41) is 3.21. The van der Waals surface area contributed by atoms with E-state index in [0.717, 1.165) is 11.3 Å². The van der Waals surface area contributed by atoms with Crippen molar-refractivity contribution in [3.8, 4) is 12.3 Å². The van der Waals surface area contributed by atoms with E-state index in [0.29, 0.717) is 17.5 Å². The van der Waals surface area contributed by atoms with Gasteiger partial charge in [-0.15, -0.1) is 12.3 Å². The van der Waals surface area contributed by atoms with Gasteiger partial charge in [0.05, 0.1) is 5.69 Å². The number of fused-ring (bicyclic) bond motifs is 1. The highest BCUT2D eigenvalue weighted by Crippen LogP contribution is 2.26. The van der Waals surface area contributed by atoms with Crippen molar-refractivity contribution >= 4 is 23.4 Å². The van der Waals surface area contributed by atoms with Gasteiger partial charge in [0.2, 0.25) is 0 Å². The van der Waals surface area contributed by atoms with Crippen LogP contribution < -0.4 is 5.32 Å². The molecular formula is C15H15ClF3NO2. The quantitative estimate of drug-likeness (QED) is 0.678. The molecule has 1 heterocycles. The number of amides is 1. The van der Waals surface area contributed by atoms with Crippen molar-refractivity contribution in [1.82, 2.24) is 0 Å². The van der Waals surface area contributed by atoms with Gasteiger partial charge in [-0.3, -0.25) is 5.32 Å². The number of rotatable bonds is 0. The molecule has 22 heavy (non-hydrogen) atoms. The molecule has 1 amide bonds. The molecule has 1 aliphatic carbocycles. The zero-order valence-electron chi connectivity index (χ0n) is 11.8. The molecule has 0 saturated heterocycles. The Hall–Kier alpha value is -1.87. The number of benzene rings is 1. The van der Waals surface area contributed by atoms with E-state index in [1.165, 1.54) is 12.8 Å². The number of terminal acetylenes is 1. The lowest BCUT2D eigenvalue weighted by Gasteiger charge is -2.16. The number of hydrogen-bond acceptors (Lipinski definition) is 2. The molecule has 0 spiro atoms. The average molecular weight is 334 g/mol. The van der Waals surface area contributed by atoms with Gasteiger partial charge < -0.3 is 4.74 Å². The van der Waals surface area contributed by atoms with Crippen molar-refractivity contribution < 1.29 is 22.7 Å². The van der Waals surface area contributed by atoms with Gasteiger partial charge in [0.25, 0.3) is 0 Å². The molecule has 7 heteroatoms. The van der Waals surface area contributed by atoms with Crippen LogP contribution in [0.4, 0.5) is 23.7 Å².